The summed E-state index contributed by atoms with van der Waals surface area (Å²) in [6, 6.07) is 20.8. The summed E-state index contributed by atoms with van der Waals surface area (Å²) >= 11 is 0. The van der Waals surface area contributed by atoms with Crippen molar-refractivity contribution in [2.75, 3.05) is 6.61 Å². The van der Waals surface area contributed by atoms with Crippen LogP contribution in [-0.2, 0) is 20.1 Å². The van der Waals surface area contributed by atoms with Crippen LogP contribution in [0.3, 0.4) is 0 Å². The first-order valence-electron chi connectivity index (χ1n) is 17.5. The van der Waals surface area contributed by atoms with Crippen LogP contribution < -0.4 is 0 Å². The molecule has 0 N–H and O–H groups in total. The van der Waals surface area contributed by atoms with Crippen LogP contribution in [0.15, 0.2) is 66.7 Å². The van der Waals surface area contributed by atoms with E-state index in [0.717, 1.165) is 36.8 Å². The van der Waals surface area contributed by atoms with Gasteiger partial charge in [-0.15, -0.1) is 0 Å². The number of rotatable bonds is 23. The zero-order valence-electron chi connectivity index (χ0n) is 27.0. The molecule has 0 spiro atoms. The summed E-state index contributed by atoms with van der Waals surface area (Å²) in [6.07, 6.45) is 29.7. The third kappa shape index (κ3) is 12.7. The van der Waals surface area contributed by atoms with Gasteiger partial charge in [0.2, 0.25) is 5.79 Å². The van der Waals surface area contributed by atoms with Gasteiger partial charge in [-0.2, -0.15) is 4.89 Å². The van der Waals surface area contributed by atoms with Gasteiger partial charge in [-0.1, -0.05) is 183 Å². The number of ether oxygens (including phenoxy) is 1. The number of benzene rings is 2. The Balaban J connectivity index is 1.57. The Morgan fingerprint density at radius 1 is 0.548 bits per heavy atom. The molecule has 3 heteroatoms. The lowest BCUT2D eigenvalue weighted by molar-refractivity contribution is -0.511. The first kappa shape index (κ1) is 34.5. The van der Waals surface area contributed by atoms with Gasteiger partial charge in [-0.25, -0.2) is 4.89 Å². The van der Waals surface area contributed by atoms with Crippen molar-refractivity contribution in [3.8, 4) is 0 Å². The zero-order chi connectivity index (χ0) is 29.6. The summed E-state index contributed by atoms with van der Waals surface area (Å²) < 4.78 is 6.77. The highest BCUT2D eigenvalue weighted by atomic mass is 17.2. The molecule has 42 heavy (non-hydrogen) atoms. The van der Waals surface area contributed by atoms with E-state index in [1.54, 1.807) is 0 Å². The van der Waals surface area contributed by atoms with Crippen molar-refractivity contribution in [3.63, 3.8) is 0 Å². The molecule has 1 aliphatic heterocycles. The number of hydrogen-bond donors (Lipinski definition) is 0. The van der Waals surface area contributed by atoms with E-state index in [1.165, 1.54) is 103 Å². The van der Waals surface area contributed by atoms with Crippen molar-refractivity contribution in [1.82, 2.24) is 0 Å². The first-order chi connectivity index (χ1) is 20.7. The molecule has 2 aromatic carbocycles. The molecule has 0 radical (unpaired) electrons. The molecular formula is C39H60O3. The van der Waals surface area contributed by atoms with E-state index in [-0.39, 0.29) is 0 Å². The molecule has 3 rings (SSSR count). The molecular weight excluding hydrogens is 516 g/mol. The minimum Gasteiger partial charge on any atom is -0.343 e. The third-order valence-corrected chi connectivity index (χ3v) is 8.82. The molecule has 1 saturated heterocycles. The van der Waals surface area contributed by atoms with Gasteiger partial charge in [0.05, 0.1) is 6.61 Å². The normalized spacial score (nSPS) is 18.5. The summed E-state index contributed by atoms with van der Waals surface area (Å²) in [4.78, 5) is 12.8. The summed E-state index contributed by atoms with van der Waals surface area (Å²) in [6.45, 7) is 5.02. The number of hydrogen-bond acceptors (Lipinski definition) is 3. The number of unbranched alkanes of at least 4 members (excludes halogenated alkanes) is 16. The standard InChI is InChI=1S/C39H60O3/c1-3-5-7-9-11-13-15-17-25-32-39(33-26-18-16-14-12-10-8-6-4-2)40-35-38(41-42-39,37-29-23-20-24-30-37)34-31-36-27-21-19-22-28-36/h19-24,27-31,34H,3-18,25-26,32-33,35H2,1-2H3/b34-31+. The maximum Gasteiger partial charge on any atom is 0.201 e. The van der Waals surface area contributed by atoms with Gasteiger partial charge in [-0.05, 0) is 30.0 Å². The second-order valence-electron chi connectivity index (χ2n) is 12.5. The van der Waals surface area contributed by atoms with Gasteiger partial charge in [0.1, 0.15) is 0 Å². The van der Waals surface area contributed by atoms with Crippen molar-refractivity contribution in [1.29, 1.82) is 0 Å². The Morgan fingerprint density at radius 3 is 1.45 bits per heavy atom. The molecule has 0 bridgehead atoms. The third-order valence-electron chi connectivity index (χ3n) is 8.82. The molecule has 1 unspecified atom stereocenters. The predicted octanol–water partition coefficient (Wildman–Crippen LogP) is 12.1. The van der Waals surface area contributed by atoms with E-state index in [4.69, 9.17) is 14.5 Å². The molecule has 1 heterocycles. The Morgan fingerprint density at radius 2 is 1.00 bits per heavy atom. The van der Waals surface area contributed by atoms with Crippen molar-refractivity contribution >= 4 is 6.08 Å². The highest BCUT2D eigenvalue weighted by Gasteiger charge is 2.46. The van der Waals surface area contributed by atoms with Crippen molar-refractivity contribution in [3.05, 3.63) is 77.9 Å². The average Bonchev–Trinajstić information content (AvgIpc) is 3.04. The molecule has 1 aliphatic rings. The lowest BCUT2D eigenvalue weighted by Crippen LogP contribution is -2.49. The molecule has 1 atom stereocenters. The molecule has 0 aromatic heterocycles. The summed E-state index contributed by atoms with van der Waals surface area (Å²) in [5, 5.41) is 0. The Bertz CT molecular complexity index is 907. The molecule has 3 nitrogen and oxygen atoms in total. The monoisotopic (exact) mass is 576 g/mol. The Kier molecular flexibility index (Phi) is 17.2. The minimum absolute atomic E-state index is 0.454. The second-order valence-corrected chi connectivity index (χ2v) is 12.5. The predicted molar refractivity (Wildman–Crippen MR) is 178 cm³/mol. The van der Waals surface area contributed by atoms with E-state index < -0.39 is 11.4 Å². The summed E-state index contributed by atoms with van der Waals surface area (Å²) in [5.74, 6) is -0.652. The van der Waals surface area contributed by atoms with E-state index in [9.17, 15) is 0 Å². The van der Waals surface area contributed by atoms with Crippen molar-refractivity contribution in [2.24, 2.45) is 0 Å². The fourth-order valence-corrected chi connectivity index (χ4v) is 6.02. The van der Waals surface area contributed by atoms with Crippen LogP contribution in [0.5, 0.6) is 0 Å². The topological polar surface area (TPSA) is 27.7 Å². The fraction of sp³-hybridized carbons (Fsp3) is 0.641. The second kappa shape index (κ2) is 20.9. The molecule has 0 saturated carbocycles. The zero-order valence-corrected chi connectivity index (χ0v) is 27.0. The van der Waals surface area contributed by atoms with Crippen LogP contribution in [0.1, 0.15) is 153 Å². The lowest BCUT2D eigenvalue weighted by atomic mass is 9.92. The van der Waals surface area contributed by atoms with Crippen LogP contribution >= 0.6 is 0 Å². The van der Waals surface area contributed by atoms with Crippen molar-refractivity contribution < 1.29 is 14.5 Å². The average molecular weight is 577 g/mol. The highest BCUT2D eigenvalue weighted by molar-refractivity contribution is 5.51. The SMILES string of the molecule is CCCCCCCCCCCC1(CCCCCCCCCCC)OCC(/C=C/c2ccccc2)(c2ccccc2)OO1. The molecule has 0 amide bonds. The smallest absolute Gasteiger partial charge is 0.201 e. The molecule has 1 fully saturated rings. The first-order valence-corrected chi connectivity index (χ1v) is 17.5. The largest absolute Gasteiger partial charge is 0.343 e. The van der Waals surface area contributed by atoms with Gasteiger partial charge in [0.15, 0.2) is 5.60 Å². The van der Waals surface area contributed by atoms with Gasteiger partial charge >= 0.3 is 0 Å². The van der Waals surface area contributed by atoms with E-state index >= 15 is 0 Å². The van der Waals surface area contributed by atoms with Crippen molar-refractivity contribution in [2.45, 2.75) is 154 Å². The van der Waals surface area contributed by atoms with Crippen LogP contribution in [0.4, 0.5) is 0 Å². The minimum atomic E-state index is -0.766. The fourth-order valence-electron chi connectivity index (χ4n) is 6.02. The van der Waals surface area contributed by atoms with E-state index in [0.29, 0.717) is 6.61 Å². The maximum atomic E-state index is 6.77. The lowest BCUT2D eigenvalue weighted by Gasteiger charge is -2.44. The van der Waals surface area contributed by atoms with E-state index in [2.05, 4.69) is 74.5 Å². The maximum absolute atomic E-state index is 6.77. The van der Waals surface area contributed by atoms with Crippen LogP contribution in [0, 0.1) is 0 Å². The van der Waals surface area contributed by atoms with Gasteiger partial charge < -0.3 is 4.74 Å². The van der Waals surface area contributed by atoms with Gasteiger partial charge in [0, 0.05) is 12.8 Å². The van der Waals surface area contributed by atoms with Crippen LogP contribution in [-0.4, -0.2) is 12.4 Å². The van der Waals surface area contributed by atoms with Gasteiger partial charge in [0.25, 0.3) is 0 Å². The summed E-state index contributed by atoms with van der Waals surface area (Å²) in [5.41, 5.74) is 1.42. The molecule has 0 aliphatic carbocycles. The van der Waals surface area contributed by atoms with Gasteiger partial charge in [-0.3, -0.25) is 0 Å². The van der Waals surface area contributed by atoms with E-state index in [1.807, 2.05) is 12.1 Å². The Labute approximate surface area is 258 Å². The summed E-state index contributed by atoms with van der Waals surface area (Å²) in [7, 11) is 0. The van der Waals surface area contributed by atoms with Crippen LogP contribution in [0.2, 0.25) is 0 Å². The highest BCUT2D eigenvalue weighted by Crippen LogP contribution is 2.41. The molecule has 234 valence electrons. The Hall–Kier alpha value is -1.94. The van der Waals surface area contributed by atoms with Crippen LogP contribution in [0.25, 0.3) is 6.08 Å². The quantitative estimate of drug-likeness (QED) is 0.0972. The molecule has 2 aromatic rings.